The molecule has 2 amide bonds. The van der Waals surface area contributed by atoms with Gasteiger partial charge < -0.3 is 24.8 Å². The van der Waals surface area contributed by atoms with Crippen LogP contribution in [0.25, 0.3) is 5.65 Å². The summed E-state index contributed by atoms with van der Waals surface area (Å²) in [6, 6.07) is 18.3. The lowest BCUT2D eigenvalue weighted by Crippen LogP contribution is -2.20. The fourth-order valence-corrected chi connectivity index (χ4v) is 3.19. The molecule has 0 aliphatic heterocycles. The number of nitrogens with zero attached hydrogens (tertiary/aromatic N) is 2. The second kappa shape index (κ2) is 9.73. The van der Waals surface area contributed by atoms with Crippen molar-refractivity contribution in [3.05, 3.63) is 89.0 Å². The Morgan fingerprint density at radius 1 is 0.939 bits per heavy atom. The molecule has 2 heterocycles. The van der Waals surface area contributed by atoms with Crippen molar-refractivity contribution in [1.29, 1.82) is 0 Å². The minimum atomic E-state index is -0.469. The van der Waals surface area contributed by atoms with Gasteiger partial charge >= 0.3 is 6.03 Å². The maximum Gasteiger partial charge on any atom is 0.323 e. The van der Waals surface area contributed by atoms with Crippen molar-refractivity contribution in [2.75, 3.05) is 24.9 Å². The Hall–Kier alpha value is -4.53. The normalized spacial score (nSPS) is 10.5. The van der Waals surface area contributed by atoms with Gasteiger partial charge in [-0.05, 0) is 24.3 Å². The molecule has 0 atom stereocenters. The van der Waals surface area contributed by atoms with Crippen molar-refractivity contribution in [2.45, 2.75) is 6.61 Å². The number of ether oxygens (including phenoxy) is 3. The van der Waals surface area contributed by atoms with Crippen LogP contribution in [0.4, 0.5) is 16.2 Å². The summed E-state index contributed by atoms with van der Waals surface area (Å²) in [6.45, 7) is 0.0635. The predicted molar refractivity (Wildman–Crippen MR) is 124 cm³/mol. The molecule has 0 bridgehead atoms. The molecule has 2 aromatic heterocycles. The van der Waals surface area contributed by atoms with Crippen LogP contribution < -0.4 is 30.4 Å². The monoisotopic (exact) mass is 446 g/mol. The van der Waals surface area contributed by atoms with Crippen molar-refractivity contribution in [3.8, 4) is 17.2 Å². The average Bonchev–Trinajstić information content (AvgIpc) is 2.83. The lowest BCUT2D eigenvalue weighted by molar-refractivity contribution is 0.261. The van der Waals surface area contributed by atoms with E-state index in [0.29, 0.717) is 40.0 Å². The van der Waals surface area contributed by atoms with E-state index in [1.54, 1.807) is 60.8 Å². The summed E-state index contributed by atoms with van der Waals surface area (Å²) in [4.78, 5) is 29.3. The maximum atomic E-state index is 12.6. The minimum absolute atomic E-state index is 0.0635. The minimum Gasteiger partial charge on any atom is -0.497 e. The smallest absolute Gasteiger partial charge is 0.323 e. The zero-order chi connectivity index (χ0) is 23.2. The van der Waals surface area contributed by atoms with Crippen LogP contribution >= 0.6 is 0 Å². The Balaban J connectivity index is 1.47. The van der Waals surface area contributed by atoms with E-state index in [1.807, 2.05) is 6.07 Å². The molecule has 0 aliphatic carbocycles. The molecule has 0 saturated carbocycles. The third-order valence-electron chi connectivity index (χ3n) is 4.74. The SMILES string of the molecule is COc1cc(NC(=O)Nc2ccccc2OCc2cc(=O)n3ccccc3n2)cc(OC)c1. The fraction of sp³-hybridized carbons (Fsp3) is 0.125. The van der Waals surface area contributed by atoms with E-state index in [0.717, 1.165) is 0 Å². The molecule has 0 spiro atoms. The van der Waals surface area contributed by atoms with E-state index < -0.39 is 6.03 Å². The first-order chi connectivity index (χ1) is 16.1. The van der Waals surface area contributed by atoms with Gasteiger partial charge in [0.2, 0.25) is 0 Å². The number of carbonyl (C=O) groups excluding carboxylic acids is 1. The molecule has 9 nitrogen and oxygen atoms in total. The fourth-order valence-electron chi connectivity index (χ4n) is 3.19. The van der Waals surface area contributed by atoms with Crippen molar-refractivity contribution in [3.63, 3.8) is 0 Å². The van der Waals surface area contributed by atoms with Gasteiger partial charge in [-0.1, -0.05) is 18.2 Å². The average molecular weight is 446 g/mol. The molecule has 2 N–H and O–H groups in total. The number of para-hydroxylation sites is 2. The Bertz CT molecular complexity index is 1330. The van der Waals surface area contributed by atoms with E-state index >= 15 is 0 Å². The van der Waals surface area contributed by atoms with E-state index in [9.17, 15) is 9.59 Å². The zero-order valence-corrected chi connectivity index (χ0v) is 18.1. The van der Waals surface area contributed by atoms with Gasteiger partial charge in [-0.3, -0.25) is 9.20 Å². The number of nitrogens with one attached hydrogen (secondary N) is 2. The van der Waals surface area contributed by atoms with Crippen LogP contribution in [0.2, 0.25) is 0 Å². The Labute approximate surface area is 189 Å². The third kappa shape index (κ3) is 5.21. The summed E-state index contributed by atoms with van der Waals surface area (Å²) < 4.78 is 17.8. The van der Waals surface area contributed by atoms with Crippen molar-refractivity contribution in [1.82, 2.24) is 9.38 Å². The number of amides is 2. The number of hydrogen-bond donors (Lipinski definition) is 2. The maximum absolute atomic E-state index is 12.6. The summed E-state index contributed by atoms with van der Waals surface area (Å²) in [6.07, 6.45) is 1.66. The summed E-state index contributed by atoms with van der Waals surface area (Å²) in [5.74, 6) is 1.53. The van der Waals surface area contributed by atoms with E-state index in [4.69, 9.17) is 14.2 Å². The molecule has 0 radical (unpaired) electrons. The Kier molecular flexibility index (Phi) is 6.40. The van der Waals surface area contributed by atoms with Gasteiger partial charge in [0.15, 0.2) is 0 Å². The summed E-state index contributed by atoms with van der Waals surface area (Å²) in [5.41, 5.74) is 1.78. The van der Waals surface area contributed by atoms with Crippen LogP contribution in [0.5, 0.6) is 17.2 Å². The zero-order valence-electron chi connectivity index (χ0n) is 18.1. The highest BCUT2D eigenvalue weighted by atomic mass is 16.5. The van der Waals surface area contributed by atoms with Gasteiger partial charge in [-0.25, -0.2) is 9.78 Å². The number of pyridine rings is 1. The van der Waals surface area contributed by atoms with Crippen LogP contribution in [0.3, 0.4) is 0 Å². The molecule has 0 saturated heterocycles. The predicted octanol–water partition coefficient (Wildman–Crippen LogP) is 3.93. The first-order valence-electron chi connectivity index (χ1n) is 10.1. The molecule has 4 rings (SSSR count). The lowest BCUT2D eigenvalue weighted by Gasteiger charge is -2.14. The quantitative estimate of drug-likeness (QED) is 0.446. The standard InChI is InChI=1S/C24H22N4O5/c1-31-18-11-16(12-19(14-18)32-2)26-24(30)27-20-7-3-4-8-21(20)33-15-17-13-23(29)28-10-6-5-9-22(28)25-17/h3-14H,15H2,1-2H3,(H2,26,27,30). The lowest BCUT2D eigenvalue weighted by atomic mass is 10.2. The number of aromatic nitrogens is 2. The molecule has 2 aromatic carbocycles. The molecule has 168 valence electrons. The number of benzene rings is 2. The molecule has 0 aliphatic rings. The number of hydrogen-bond acceptors (Lipinski definition) is 6. The number of rotatable bonds is 7. The van der Waals surface area contributed by atoms with E-state index in [-0.39, 0.29) is 12.2 Å². The van der Waals surface area contributed by atoms with Gasteiger partial charge in [0.1, 0.15) is 29.5 Å². The van der Waals surface area contributed by atoms with E-state index in [2.05, 4.69) is 15.6 Å². The Morgan fingerprint density at radius 2 is 1.67 bits per heavy atom. The summed E-state index contributed by atoms with van der Waals surface area (Å²) in [5, 5.41) is 5.51. The van der Waals surface area contributed by atoms with Crippen molar-refractivity contribution >= 4 is 23.1 Å². The van der Waals surface area contributed by atoms with E-state index in [1.165, 1.54) is 24.7 Å². The summed E-state index contributed by atoms with van der Waals surface area (Å²) in [7, 11) is 3.07. The number of anilines is 2. The first-order valence-corrected chi connectivity index (χ1v) is 10.1. The molecular weight excluding hydrogens is 424 g/mol. The van der Waals surface area contributed by atoms with Crippen LogP contribution in [0.15, 0.2) is 77.7 Å². The van der Waals surface area contributed by atoms with Crippen LogP contribution in [-0.4, -0.2) is 29.6 Å². The highest BCUT2D eigenvalue weighted by molar-refractivity contribution is 6.00. The first kappa shape index (κ1) is 21.7. The summed E-state index contributed by atoms with van der Waals surface area (Å²) >= 11 is 0. The largest absolute Gasteiger partial charge is 0.497 e. The van der Waals surface area contributed by atoms with Crippen LogP contribution in [0.1, 0.15) is 5.69 Å². The number of fused-ring (bicyclic) bond motifs is 1. The van der Waals surface area contributed by atoms with Crippen molar-refractivity contribution in [2.24, 2.45) is 0 Å². The molecule has 4 aromatic rings. The highest BCUT2D eigenvalue weighted by Gasteiger charge is 2.11. The second-order valence-electron chi connectivity index (χ2n) is 6.98. The van der Waals surface area contributed by atoms with Crippen molar-refractivity contribution < 1.29 is 19.0 Å². The second-order valence-corrected chi connectivity index (χ2v) is 6.98. The molecule has 0 unspecified atom stereocenters. The van der Waals surface area contributed by atoms with Crippen LogP contribution in [0, 0.1) is 0 Å². The topological polar surface area (TPSA) is 103 Å². The van der Waals surface area contributed by atoms with Gasteiger partial charge in [0, 0.05) is 36.1 Å². The number of urea groups is 1. The number of methoxy groups -OCH3 is 2. The van der Waals surface area contributed by atoms with Gasteiger partial charge in [-0.15, -0.1) is 0 Å². The molecule has 9 heteroatoms. The Morgan fingerprint density at radius 3 is 2.42 bits per heavy atom. The third-order valence-corrected chi connectivity index (χ3v) is 4.74. The number of carbonyl (C=O) groups is 1. The molecular formula is C24H22N4O5. The highest BCUT2D eigenvalue weighted by Crippen LogP contribution is 2.27. The van der Waals surface area contributed by atoms with Gasteiger partial charge in [0.25, 0.3) is 5.56 Å². The molecule has 33 heavy (non-hydrogen) atoms. The van der Waals surface area contributed by atoms with Gasteiger partial charge in [0.05, 0.1) is 25.6 Å². The van der Waals surface area contributed by atoms with Crippen LogP contribution in [-0.2, 0) is 6.61 Å². The molecule has 0 fully saturated rings. The van der Waals surface area contributed by atoms with Gasteiger partial charge in [-0.2, -0.15) is 0 Å².